The minimum atomic E-state index is -1.04. The van der Waals surface area contributed by atoms with Crippen LogP contribution in [0.2, 0.25) is 0 Å². The third-order valence-corrected chi connectivity index (χ3v) is 6.05. The number of primary amides is 1. The Labute approximate surface area is 243 Å². The molecule has 0 radical (unpaired) electrons. The van der Waals surface area contributed by atoms with Crippen molar-refractivity contribution in [2.45, 2.75) is 45.4 Å². The Bertz CT molecular complexity index is 1120. The lowest BCUT2D eigenvalue weighted by atomic mass is 10.0. The molecule has 15 heteroatoms. The number of urea groups is 1. The highest BCUT2D eigenvalue weighted by Gasteiger charge is 2.29. The van der Waals surface area contributed by atoms with Crippen LogP contribution in [-0.4, -0.2) is 90.8 Å². The van der Waals surface area contributed by atoms with Crippen molar-refractivity contribution in [2.24, 2.45) is 11.7 Å². The predicted molar refractivity (Wildman–Crippen MR) is 150 cm³/mol. The van der Waals surface area contributed by atoms with Crippen molar-refractivity contribution in [3.8, 4) is 0 Å². The van der Waals surface area contributed by atoms with Crippen molar-refractivity contribution in [2.75, 3.05) is 38.2 Å². The summed E-state index contributed by atoms with van der Waals surface area (Å²) >= 11 is 0. The number of amides is 7. The molecule has 0 spiro atoms. The topological polar surface area (TPSA) is 218 Å². The number of nitrogens with two attached hydrogens (primary N) is 1. The fraction of sp³-hybridized carbons (Fsp3) is 0.481. The molecule has 0 aromatic heterocycles. The average molecular weight is 591 g/mol. The number of imide groups is 1. The molecule has 1 aromatic carbocycles. The van der Waals surface area contributed by atoms with Crippen molar-refractivity contribution < 1.29 is 43.3 Å². The monoisotopic (exact) mass is 590 g/mol. The lowest BCUT2D eigenvalue weighted by Gasteiger charge is -2.25. The first-order valence-corrected chi connectivity index (χ1v) is 13.4. The van der Waals surface area contributed by atoms with Crippen LogP contribution in [0.25, 0.3) is 0 Å². The van der Waals surface area contributed by atoms with Gasteiger partial charge in [0.15, 0.2) is 0 Å². The van der Waals surface area contributed by atoms with E-state index >= 15 is 0 Å². The van der Waals surface area contributed by atoms with Gasteiger partial charge in [-0.05, 0) is 36.5 Å². The summed E-state index contributed by atoms with van der Waals surface area (Å²) in [5.41, 5.74) is 6.19. The second-order valence-electron chi connectivity index (χ2n) is 9.61. The van der Waals surface area contributed by atoms with Gasteiger partial charge < -0.3 is 41.6 Å². The van der Waals surface area contributed by atoms with Crippen LogP contribution >= 0.6 is 0 Å². The summed E-state index contributed by atoms with van der Waals surface area (Å²) in [4.78, 5) is 73.5. The smallest absolute Gasteiger partial charge is 0.407 e. The number of carbonyl (C=O) groups excluding carboxylic acids is 6. The zero-order valence-corrected chi connectivity index (χ0v) is 23.6. The number of aliphatic hydroxyl groups excluding tert-OH is 1. The van der Waals surface area contributed by atoms with Gasteiger partial charge in [0.25, 0.3) is 11.8 Å². The van der Waals surface area contributed by atoms with E-state index in [1.165, 1.54) is 12.2 Å². The van der Waals surface area contributed by atoms with Crippen LogP contribution < -0.4 is 27.0 Å². The number of hydrogen-bond acceptors (Lipinski definition) is 9. The van der Waals surface area contributed by atoms with Gasteiger partial charge in [-0.25, -0.2) is 9.59 Å². The second-order valence-corrected chi connectivity index (χ2v) is 9.61. The molecule has 2 atom stereocenters. The van der Waals surface area contributed by atoms with E-state index in [-0.39, 0.29) is 51.9 Å². The fourth-order valence-corrected chi connectivity index (χ4v) is 3.78. The molecule has 1 heterocycles. The zero-order chi connectivity index (χ0) is 31.1. The maximum Gasteiger partial charge on any atom is 0.407 e. The highest BCUT2D eigenvalue weighted by atomic mass is 16.6. The molecule has 1 aliphatic heterocycles. The van der Waals surface area contributed by atoms with Crippen LogP contribution in [0.15, 0.2) is 36.4 Å². The Morgan fingerprint density at radius 2 is 1.62 bits per heavy atom. The first kappa shape index (κ1) is 33.7. The van der Waals surface area contributed by atoms with Crippen molar-refractivity contribution in [1.29, 1.82) is 0 Å². The molecule has 2 rings (SSSR count). The van der Waals surface area contributed by atoms with Crippen LogP contribution in [0.5, 0.6) is 0 Å². The number of aliphatic hydroxyl groups is 1. The van der Waals surface area contributed by atoms with E-state index in [4.69, 9.17) is 15.2 Å². The van der Waals surface area contributed by atoms with Crippen molar-refractivity contribution in [3.63, 3.8) is 0 Å². The summed E-state index contributed by atoms with van der Waals surface area (Å²) < 4.78 is 10.4. The number of anilines is 1. The fourth-order valence-electron chi connectivity index (χ4n) is 3.78. The molecule has 42 heavy (non-hydrogen) atoms. The van der Waals surface area contributed by atoms with Crippen LogP contribution in [0, 0.1) is 5.92 Å². The van der Waals surface area contributed by atoms with Gasteiger partial charge in [-0.2, -0.15) is 0 Å². The number of rotatable bonds is 17. The van der Waals surface area contributed by atoms with Crippen molar-refractivity contribution in [3.05, 3.63) is 42.0 Å². The third kappa shape index (κ3) is 11.5. The van der Waals surface area contributed by atoms with Gasteiger partial charge >= 0.3 is 12.1 Å². The summed E-state index contributed by atoms with van der Waals surface area (Å²) in [6, 6.07) is 3.73. The van der Waals surface area contributed by atoms with Gasteiger partial charge in [0.05, 0.1) is 26.4 Å². The highest BCUT2D eigenvalue weighted by Crippen LogP contribution is 2.12. The van der Waals surface area contributed by atoms with Gasteiger partial charge in [-0.1, -0.05) is 26.0 Å². The predicted octanol–water partition coefficient (Wildman–Crippen LogP) is -0.257. The summed E-state index contributed by atoms with van der Waals surface area (Å²) in [5, 5.41) is 19.5. The molecule has 0 aliphatic carbocycles. The van der Waals surface area contributed by atoms with Crippen LogP contribution in [0.3, 0.4) is 0 Å². The average Bonchev–Trinajstić information content (AvgIpc) is 3.27. The van der Waals surface area contributed by atoms with E-state index in [0.717, 1.165) is 4.90 Å². The van der Waals surface area contributed by atoms with Gasteiger partial charge in [-0.15, -0.1) is 0 Å². The normalized spacial score (nSPS) is 14.0. The molecule has 7 N–H and O–H groups in total. The molecule has 0 saturated heterocycles. The number of benzene rings is 1. The standard InChI is InChI=1S/C27H38N6O9/c1-17(2)23(32-27(40)42-15-14-41-13-12-33-21(35)9-10-22(33)36)25(38)31-20(4-3-11-29-26(28)39)24(37)30-19-7-5-18(16-34)6-8-19/h5-10,17,20,23,34H,3-4,11-16H2,1-2H3,(H,30,37)(H,31,38)(H,32,40)(H3,28,29,39). The number of nitrogens with one attached hydrogen (secondary N) is 4. The lowest BCUT2D eigenvalue weighted by molar-refractivity contribution is -0.137. The molecule has 2 unspecified atom stereocenters. The zero-order valence-electron chi connectivity index (χ0n) is 23.6. The summed E-state index contributed by atoms with van der Waals surface area (Å²) in [6.45, 7) is 3.42. The van der Waals surface area contributed by atoms with E-state index in [9.17, 15) is 33.9 Å². The number of nitrogens with zero attached hydrogens (tertiary/aromatic N) is 1. The lowest BCUT2D eigenvalue weighted by Crippen LogP contribution is -2.54. The van der Waals surface area contributed by atoms with Gasteiger partial charge in [0.1, 0.15) is 18.7 Å². The van der Waals surface area contributed by atoms with E-state index in [2.05, 4.69) is 21.3 Å². The third-order valence-electron chi connectivity index (χ3n) is 6.05. The Balaban J connectivity index is 1.88. The van der Waals surface area contributed by atoms with Crippen molar-refractivity contribution >= 4 is 41.4 Å². The molecule has 15 nitrogen and oxygen atoms in total. The largest absolute Gasteiger partial charge is 0.447 e. The highest BCUT2D eigenvalue weighted by molar-refractivity contribution is 6.12. The number of hydrogen-bond donors (Lipinski definition) is 6. The molecule has 1 aliphatic rings. The molecule has 0 saturated carbocycles. The van der Waals surface area contributed by atoms with E-state index < -0.39 is 47.8 Å². The number of carbonyl (C=O) groups is 6. The molecule has 0 bridgehead atoms. The number of alkyl carbamates (subject to hydrolysis) is 1. The van der Waals surface area contributed by atoms with Gasteiger partial charge in [0.2, 0.25) is 11.8 Å². The second kappa shape index (κ2) is 17.3. The molecule has 1 aromatic rings. The SMILES string of the molecule is CC(C)C(NC(=O)OCCOCCN1C(=O)C=CC1=O)C(=O)NC(CCCNC(N)=O)C(=O)Nc1ccc(CO)cc1. The Morgan fingerprint density at radius 3 is 2.21 bits per heavy atom. The van der Waals surface area contributed by atoms with Gasteiger partial charge in [-0.3, -0.25) is 24.1 Å². The molecular weight excluding hydrogens is 552 g/mol. The minimum Gasteiger partial charge on any atom is -0.447 e. The number of ether oxygens (including phenoxy) is 2. The minimum absolute atomic E-state index is 0.00349. The maximum absolute atomic E-state index is 13.1. The van der Waals surface area contributed by atoms with Crippen molar-refractivity contribution in [1.82, 2.24) is 20.9 Å². The first-order valence-electron chi connectivity index (χ1n) is 13.4. The molecular formula is C27H38N6O9. The summed E-state index contributed by atoms with van der Waals surface area (Å²) in [5.74, 6) is -2.35. The maximum atomic E-state index is 13.1. The summed E-state index contributed by atoms with van der Waals surface area (Å²) in [7, 11) is 0. The van der Waals surface area contributed by atoms with E-state index in [1.807, 2.05) is 0 Å². The summed E-state index contributed by atoms with van der Waals surface area (Å²) in [6.07, 6.45) is 1.94. The molecule has 7 amide bonds. The van der Waals surface area contributed by atoms with Gasteiger partial charge in [0, 0.05) is 24.4 Å². The first-order chi connectivity index (χ1) is 20.0. The van der Waals surface area contributed by atoms with E-state index in [0.29, 0.717) is 17.7 Å². The quantitative estimate of drug-likeness (QED) is 0.104. The van der Waals surface area contributed by atoms with Crippen LogP contribution in [-0.2, 0) is 35.3 Å². The Hall–Kier alpha value is -4.50. The molecule has 230 valence electrons. The Morgan fingerprint density at radius 1 is 0.952 bits per heavy atom. The van der Waals surface area contributed by atoms with E-state index in [1.54, 1.807) is 38.1 Å². The van der Waals surface area contributed by atoms with Crippen LogP contribution in [0.1, 0.15) is 32.3 Å². The Kier molecular flexibility index (Phi) is 13.9. The van der Waals surface area contributed by atoms with Crippen LogP contribution in [0.4, 0.5) is 15.3 Å². The molecule has 0 fully saturated rings.